The van der Waals surface area contributed by atoms with Crippen LogP contribution >= 0.6 is 0 Å². The molecule has 1 amide bonds. The van der Waals surface area contributed by atoms with Gasteiger partial charge in [-0.05, 0) is 42.7 Å². The minimum Gasteiger partial charge on any atom is -0.507 e. The van der Waals surface area contributed by atoms with Crippen molar-refractivity contribution in [2.75, 3.05) is 19.8 Å². The first-order valence-corrected chi connectivity index (χ1v) is 11.2. The summed E-state index contributed by atoms with van der Waals surface area (Å²) in [6.07, 6.45) is 3.72. The number of H-pyrrole nitrogens is 1. The maximum atomic E-state index is 13.2. The van der Waals surface area contributed by atoms with Gasteiger partial charge in [0.2, 0.25) is 0 Å². The Morgan fingerprint density at radius 2 is 1.97 bits per heavy atom. The number of fused-ring (bicyclic) bond motifs is 1. The summed E-state index contributed by atoms with van der Waals surface area (Å²) < 4.78 is 5.95. The Morgan fingerprint density at radius 1 is 1.12 bits per heavy atom. The number of rotatable bonds is 10. The molecule has 0 saturated carbocycles. The van der Waals surface area contributed by atoms with E-state index in [0.717, 1.165) is 36.1 Å². The third-order valence-corrected chi connectivity index (χ3v) is 5.77. The van der Waals surface area contributed by atoms with Crippen LogP contribution in [0.2, 0.25) is 0 Å². The lowest BCUT2D eigenvalue weighted by molar-refractivity contribution is 0.0732. The summed E-state index contributed by atoms with van der Waals surface area (Å²) in [6.45, 7) is 3.21. The third kappa shape index (κ3) is 4.21. The number of aromatic amines is 1. The zero-order chi connectivity index (χ0) is 22.5. The first kappa shape index (κ1) is 21.9. The summed E-state index contributed by atoms with van der Waals surface area (Å²) in [7, 11) is 0. The number of para-hydroxylation sites is 1. The van der Waals surface area contributed by atoms with Gasteiger partial charge in [0.05, 0.1) is 12.6 Å². The fourth-order valence-electron chi connectivity index (χ4n) is 4.21. The monoisotopic (exact) mass is 435 g/mol. The predicted molar refractivity (Wildman–Crippen MR) is 122 cm³/mol. The van der Waals surface area contributed by atoms with Crippen LogP contribution in [0.25, 0.3) is 11.3 Å². The molecule has 7 heteroatoms. The lowest BCUT2D eigenvalue weighted by Gasteiger charge is -2.26. The van der Waals surface area contributed by atoms with Crippen LogP contribution in [0.1, 0.15) is 60.3 Å². The van der Waals surface area contributed by atoms with Crippen molar-refractivity contribution in [3.8, 4) is 22.8 Å². The molecule has 1 aliphatic rings. The van der Waals surface area contributed by atoms with Crippen molar-refractivity contribution in [1.29, 1.82) is 0 Å². The topological polar surface area (TPSA) is 98.7 Å². The maximum Gasteiger partial charge on any atom is 0.273 e. The summed E-state index contributed by atoms with van der Waals surface area (Å²) in [5.41, 5.74) is 3.18. The molecule has 0 unspecified atom stereocenters. The van der Waals surface area contributed by atoms with Gasteiger partial charge >= 0.3 is 0 Å². The molecular weight excluding hydrogens is 406 g/mol. The Balaban J connectivity index is 1.74. The van der Waals surface area contributed by atoms with Crippen LogP contribution in [0.15, 0.2) is 48.5 Å². The average Bonchev–Trinajstić information content (AvgIpc) is 3.34. The van der Waals surface area contributed by atoms with Gasteiger partial charge in [-0.2, -0.15) is 5.10 Å². The van der Waals surface area contributed by atoms with Crippen molar-refractivity contribution in [2.24, 2.45) is 0 Å². The highest BCUT2D eigenvalue weighted by molar-refractivity contribution is 6.00. The second-order valence-electron chi connectivity index (χ2n) is 7.98. The molecule has 0 radical (unpaired) electrons. The van der Waals surface area contributed by atoms with Crippen LogP contribution in [0.5, 0.6) is 11.5 Å². The van der Waals surface area contributed by atoms with E-state index in [1.165, 1.54) is 0 Å². The number of aliphatic hydroxyl groups is 1. The molecule has 0 saturated heterocycles. The minimum absolute atomic E-state index is 0.00437. The SMILES string of the molecule is CCCCCOc1cccc([C@@H]2c3c(-c4ccccc4O)n[nH]c3C(=O)N2CCCO)c1. The molecule has 3 aromatic rings. The molecule has 2 heterocycles. The zero-order valence-corrected chi connectivity index (χ0v) is 18.3. The van der Waals surface area contributed by atoms with Gasteiger partial charge in [0.25, 0.3) is 5.91 Å². The smallest absolute Gasteiger partial charge is 0.273 e. The van der Waals surface area contributed by atoms with Gasteiger partial charge in [0.1, 0.15) is 22.9 Å². The molecule has 1 atom stereocenters. The fraction of sp³-hybridized carbons (Fsp3) is 0.360. The number of ether oxygens (including phenoxy) is 1. The molecular formula is C25H29N3O4. The number of aromatic hydroxyl groups is 1. The predicted octanol–water partition coefficient (Wildman–Crippen LogP) is 4.28. The lowest BCUT2D eigenvalue weighted by atomic mass is 9.95. The summed E-state index contributed by atoms with van der Waals surface area (Å²) in [5.74, 6) is 0.700. The van der Waals surface area contributed by atoms with Gasteiger partial charge in [-0.15, -0.1) is 0 Å². The van der Waals surface area contributed by atoms with E-state index in [-0.39, 0.29) is 18.3 Å². The van der Waals surface area contributed by atoms with Gasteiger partial charge in [-0.1, -0.05) is 44.0 Å². The molecule has 2 aromatic carbocycles. The Kier molecular flexibility index (Phi) is 6.75. The normalized spacial score (nSPS) is 15.2. The molecule has 1 aromatic heterocycles. The van der Waals surface area contributed by atoms with Crippen LogP contribution < -0.4 is 4.74 Å². The van der Waals surface area contributed by atoms with Gasteiger partial charge < -0.3 is 19.8 Å². The molecule has 0 bridgehead atoms. The second-order valence-corrected chi connectivity index (χ2v) is 7.98. The molecule has 0 aliphatic carbocycles. The number of unbranched alkanes of at least 4 members (excludes halogenated alkanes) is 2. The third-order valence-electron chi connectivity index (χ3n) is 5.77. The number of phenolic OH excluding ortho intramolecular Hbond substituents is 1. The molecule has 1 aliphatic heterocycles. The maximum absolute atomic E-state index is 13.2. The van der Waals surface area contributed by atoms with Gasteiger partial charge in [0.15, 0.2) is 0 Å². The Hall–Kier alpha value is -3.32. The lowest BCUT2D eigenvalue weighted by Crippen LogP contribution is -2.31. The Morgan fingerprint density at radius 3 is 2.75 bits per heavy atom. The Bertz CT molecular complexity index is 1080. The number of hydrogen-bond donors (Lipinski definition) is 3. The van der Waals surface area contributed by atoms with E-state index < -0.39 is 6.04 Å². The molecule has 32 heavy (non-hydrogen) atoms. The quantitative estimate of drug-likeness (QED) is 0.413. The van der Waals surface area contributed by atoms with Crippen molar-refractivity contribution in [3.05, 3.63) is 65.4 Å². The van der Waals surface area contributed by atoms with Crippen molar-refractivity contribution in [3.63, 3.8) is 0 Å². The highest BCUT2D eigenvalue weighted by Gasteiger charge is 2.42. The second kappa shape index (κ2) is 9.87. The van der Waals surface area contributed by atoms with E-state index in [4.69, 9.17) is 4.74 Å². The van der Waals surface area contributed by atoms with Crippen LogP contribution in [0.4, 0.5) is 0 Å². The zero-order valence-electron chi connectivity index (χ0n) is 18.3. The van der Waals surface area contributed by atoms with Crippen molar-refractivity contribution < 1.29 is 19.7 Å². The van der Waals surface area contributed by atoms with Crippen molar-refractivity contribution in [2.45, 2.75) is 38.6 Å². The molecule has 3 N–H and O–H groups in total. The van der Waals surface area contributed by atoms with Crippen LogP contribution in [0, 0.1) is 0 Å². The fourth-order valence-corrected chi connectivity index (χ4v) is 4.21. The number of phenols is 1. The first-order chi connectivity index (χ1) is 15.7. The summed E-state index contributed by atoms with van der Waals surface area (Å²) >= 11 is 0. The molecule has 168 valence electrons. The number of hydrogen-bond acceptors (Lipinski definition) is 5. The summed E-state index contributed by atoms with van der Waals surface area (Å²) in [4.78, 5) is 15.0. The highest BCUT2D eigenvalue weighted by atomic mass is 16.5. The van der Waals surface area contributed by atoms with E-state index in [0.29, 0.717) is 36.5 Å². The van der Waals surface area contributed by atoms with E-state index in [1.54, 1.807) is 23.1 Å². The average molecular weight is 436 g/mol. The van der Waals surface area contributed by atoms with E-state index in [1.807, 2.05) is 30.3 Å². The molecule has 0 fully saturated rings. The van der Waals surface area contributed by atoms with Gasteiger partial charge in [-0.25, -0.2) is 0 Å². The van der Waals surface area contributed by atoms with Crippen molar-refractivity contribution in [1.82, 2.24) is 15.1 Å². The Labute approximate surface area is 187 Å². The number of carbonyl (C=O) groups is 1. The number of nitrogens with one attached hydrogen (secondary N) is 1. The number of amides is 1. The van der Waals surface area contributed by atoms with Gasteiger partial charge in [-0.3, -0.25) is 9.89 Å². The molecule has 0 spiro atoms. The van der Waals surface area contributed by atoms with E-state index in [9.17, 15) is 15.0 Å². The van der Waals surface area contributed by atoms with E-state index in [2.05, 4.69) is 17.1 Å². The van der Waals surface area contributed by atoms with Crippen molar-refractivity contribution >= 4 is 5.91 Å². The van der Waals surface area contributed by atoms with Crippen LogP contribution in [-0.2, 0) is 0 Å². The molecule has 7 nitrogen and oxygen atoms in total. The first-order valence-electron chi connectivity index (χ1n) is 11.2. The number of aliphatic hydroxyl groups excluding tert-OH is 1. The van der Waals surface area contributed by atoms with Gasteiger partial charge in [0, 0.05) is 24.3 Å². The number of aromatic nitrogens is 2. The van der Waals surface area contributed by atoms with E-state index >= 15 is 0 Å². The number of carbonyl (C=O) groups excluding carboxylic acids is 1. The summed E-state index contributed by atoms with van der Waals surface area (Å²) in [6, 6.07) is 14.4. The number of nitrogens with zero attached hydrogens (tertiary/aromatic N) is 2. The minimum atomic E-state index is -0.392. The number of benzene rings is 2. The highest BCUT2D eigenvalue weighted by Crippen LogP contribution is 2.44. The molecule has 4 rings (SSSR count). The summed E-state index contributed by atoms with van der Waals surface area (Å²) in [5, 5.41) is 27.1. The van der Waals surface area contributed by atoms with Crippen LogP contribution in [-0.4, -0.2) is 51.0 Å². The van der Waals surface area contributed by atoms with Crippen LogP contribution in [0.3, 0.4) is 0 Å². The largest absolute Gasteiger partial charge is 0.507 e. The standard InChI is InChI=1S/C25H29N3O4/c1-2-3-6-15-32-18-10-7-9-17(16-18)24-21-22(19-11-4-5-12-20(19)30)26-27-23(21)25(31)28(24)13-8-14-29/h4-5,7,9-12,16,24,29-30H,2-3,6,8,13-15H2,1H3,(H,26,27)/t24-/m1/s1.